The van der Waals surface area contributed by atoms with E-state index in [9.17, 15) is 4.79 Å². The second-order valence-electron chi connectivity index (χ2n) is 3.23. The molecule has 1 aliphatic rings. The van der Waals surface area contributed by atoms with Gasteiger partial charge in [-0.05, 0) is 6.92 Å². The molecule has 1 amide bonds. The number of aliphatic hydroxyl groups excluding tert-OH is 1. The van der Waals surface area contributed by atoms with E-state index in [4.69, 9.17) is 14.6 Å². The van der Waals surface area contributed by atoms with Crippen molar-refractivity contribution in [2.45, 2.75) is 13.0 Å². The number of aliphatic hydroxyl groups is 1. The maximum Gasteiger partial charge on any atom is 0.248 e. The maximum atomic E-state index is 10.4. The van der Waals surface area contributed by atoms with Crippen LogP contribution >= 0.6 is 0 Å². The molecule has 5 heteroatoms. The summed E-state index contributed by atoms with van der Waals surface area (Å²) in [5, 5.41) is 10.3. The van der Waals surface area contributed by atoms with Crippen LogP contribution in [0.5, 0.6) is 0 Å². The lowest BCUT2D eigenvalue weighted by molar-refractivity contribution is -0.118. The van der Waals surface area contributed by atoms with E-state index in [2.05, 4.69) is 18.5 Å². The molecule has 16 heavy (non-hydrogen) atoms. The van der Waals surface area contributed by atoms with E-state index < -0.39 is 0 Å². The molecule has 0 spiro atoms. The molecule has 1 fully saturated rings. The van der Waals surface area contributed by atoms with E-state index in [0.29, 0.717) is 18.3 Å². The molecular formula is C11H19NO4. The lowest BCUT2D eigenvalue weighted by Gasteiger charge is -1.96. The highest BCUT2D eigenvalue weighted by molar-refractivity contribution is 5.91. The van der Waals surface area contributed by atoms with Gasteiger partial charge in [0.2, 0.25) is 5.91 Å². The topological polar surface area (TPSA) is 71.1 Å². The van der Waals surface area contributed by atoms with Crippen LogP contribution in [0.3, 0.4) is 0 Å². The Morgan fingerprint density at radius 3 is 2.69 bits per heavy atom. The average Bonchev–Trinajstić information content (AvgIpc) is 3.03. The Morgan fingerprint density at radius 1 is 1.75 bits per heavy atom. The lowest BCUT2D eigenvalue weighted by atomic mass is 10.3. The van der Waals surface area contributed by atoms with Crippen LogP contribution in [0.25, 0.3) is 0 Å². The molecule has 1 rings (SSSR count). The van der Waals surface area contributed by atoms with Crippen LogP contribution in [0.15, 0.2) is 24.8 Å². The molecule has 0 aromatic rings. The molecule has 2 N–H and O–H groups in total. The third-order valence-corrected chi connectivity index (χ3v) is 1.57. The fraction of sp³-hybridized carbons (Fsp3) is 0.545. The van der Waals surface area contributed by atoms with Gasteiger partial charge in [0, 0.05) is 5.57 Å². The summed E-state index contributed by atoms with van der Waals surface area (Å²) in [4.78, 5) is 10.4. The summed E-state index contributed by atoms with van der Waals surface area (Å²) >= 11 is 0. The molecule has 0 saturated carbocycles. The van der Waals surface area contributed by atoms with Crippen LogP contribution in [0.2, 0.25) is 0 Å². The molecule has 1 aliphatic heterocycles. The van der Waals surface area contributed by atoms with Gasteiger partial charge in [-0.1, -0.05) is 12.7 Å². The molecule has 0 radical (unpaired) electrons. The molecule has 1 saturated heterocycles. The summed E-state index contributed by atoms with van der Waals surface area (Å²) in [5.74, 6) is -0.312. The molecule has 1 unspecified atom stereocenters. The predicted octanol–water partition coefficient (Wildman–Crippen LogP) is 0.216. The van der Waals surface area contributed by atoms with Gasteiger partial charge in [0.25, 0.3) is 0 Å². The second kappa shape index (κ2) is 9.08. The molecule has 5 nitrogen and oxygen atoms in total. The average molecular weight is 229 g/mol. The van der Waals surface area contributed by atoms with Crippen molar-refractivity contribution in [3.8, 4) is 0 Å². The highest BCUT2D eigenvalue weighted by Crippen LogP contribution is 2.07. The number of amides is 1. The molecule has 0 aliphatic carbocycles. The van der Waals surface area contributed by atoms with Crippen molar-refractivity contribution in [1.29, 1.82) is 0 Å². The number of hydrogen-bond acceptors (Lipinski definition) is 4. The molecular weight excluding hydrogens is 210 g/mol. The molecule has 0 aromatic carbocycles. The Balaban J connectivity index is 0.000000281. The Hall–Kier alpha value is -1.17. The number of carbonyl (C=O) groups is 1. The maximum absolute atomic E-state index is 10.4. The first kappa shape index (κ1) is 14.8. The van der Waals surface area contributed by atoms with Crippen LogP contribution in [-0.4, -0.2) is 43.7 Å². The Morgan fingerprint density at radius 2 is 2.38 bits per heavy atom. The van der Waals surface area contributed by atoms with Crippen LogP contribution in [0.4, 0.5) is 0 Å². The zero-order chi connectivity index (χ0) is 12.4. The van der Waals surface area contributed by atoms with Crippen molar-refractivity contribution in [2.75, 3.05) is 26.6 Å². The van der Waals surface area contributed by atoms with Crippen molar-refractivity contribution >= 4 is 5.91 Å². The van der Waals surface area contributed by atoms with E-state index in [1.165, 1.54) is 0 Å². The van der Waals surface area contributed by atoms with E-state index in [1.807, 2.05) is 0 Å². The van der Waals surface area contributed by atoms with Gasteiger partial charge in [-0.3, -0.25) is 4.79 Å². The van der Waals surface area contributed by atoms with Crippen LogP contribution in [0, 0.1) is 0 Å². The molecule has 1 atom stereocenters. The van der Waals surface area contributed by atoms with Crippen LogP contribution in [0.1, 0.15) is 6.92 Å². The Kier molecular flexibility index (Phi) is 8.42. The minimum absolute atomic E-state index is 0.312. The quantitative estimate of drug-likeness (QED) is 0.225. The summed E-state index contributed by atoms with van der Waals surface area (Å²) in [6.45, 7) is 10.3. The summed E-state index contributed by atoms with van der Waals surface area (Å²) in [5.41, 5.74) is 0.402. The third kappa shape index (κ3) is 9.39. The number of hydrogen-bond donors (Lipinski definition) is 2. The van der Waals surface area contributed by atoms with E-state index in [1.54, 1.807) is 13.0 Å². The van der Waals surface area contributed by atoms with Gasteiger partial charge in [0.05, 0.1) is 19.8 Å². The van der Waals surface area contributed by atoms with Gasteiger partial charge in [0.1, 0.15) is 12.8 Å². The van der Waals surface area contributed by atoms with Crippen LogP contribution < -0.4 is 5.32 Å². The SMILES string of the molecule is C=C(C)C(=O)NCO.C=CCOCC1CO1. The Labute approximate surface area is 95.7 Å². The number of ether oxygens (including phenoxy) is 2. The van der Waals surface area contributed by atoms with Gasteiger partial charge in [0.15, 0.2) is 0 Å². The largest absolute Gasteiger partial charge is 0.376 e. The minimum atomic E-state index is -0.328. The summed E-state index contributed by atoms with van der Waals surface area (Å²) in [6.07, 6.45) is 2.12. The number of carbonyl (C=O) groups excluding carboxylic acids is 1. The molecule has 92 valence electrons. The van der Waals surface area contributed by atoms with E-state index >= 15 is 0 Å². The number of rotatable bonds is 6. The summed E-state index contributed by atoms with van der Waals surface area (Å²) in [6, 6.07) is 0. The molecule has 0 bridgehead atoms. The molecule has 0 aromatic heterocycles. The van der Waals surface area contributed by atoms with Crippen molar-refractivity contribution in [1.82, 2.24) is 5.32 Å². The number of nitrogens with one attached hydrogen (secondary N) is 1. The third-order valence-electron chi connectivity index (χ3n) is 1.57. The van der Waals surface area contributed by atoms with Crippen molar-refractivity contribution < 1.29 is 19.4 Å². The minimum Gasteiger partial charge on any atom is -0.376 e. The second-order valence-corrected chi connectivity index (χ2v) is 3.23. The first-order valence-corrected chi connectivity index (χ1v) is 4.96. The van der Waals surface area contributed by atoms with E-state index in [-0.39, 0.29) is 12.6 Å². The standard InChI is InChI=1S/C6H10O2.C5H9NO2/c1-2-3-7-4-6-5-8-6;1-4(2)5(8)6-3-7/h2,6H,1,3-5H2;7H,1,3H2,2H3,(H,6,8). The van der Waals surface area contributed by atoms with Gasteiger partial charge < -0.3 is 19.9 Å². The van der Waals surface area contributed by atoms with E-state index in [0.717, 1.165) is 13.2 Å². The smallest absolute Gasteiger partial charge is 0.248 e. The zero-order valence-electron chi connectivity index (χ0n) is 9.57. The normalized spacial score (nSPS) is 16.8. The predicted molar refractivity (Wildman–Crippen MR) is 60.8 cm³/mol. The van der Waals surface area contributed by atoms with Gasteiger partial charge in [-0.25, -0.2) is 0 Å². The highest BCUT2D eigenvalue weighted by Gasteiger charge is 2.21. The summed E-state index contributed by atoms with van der Waals surface area (Å²) in [7, 11) is 0. The number of epoxide rings is 1. The Bertz CT molecular complexity index is 236. The molecule has 1 heterocycles. The first-order valence-electron chi connectivity index (χ1n) is 4.96. The zero-order valence-corrected chi connectivity index (χ0v) is 9.57. The van der Waals surface area contributed by atoms with Gasteiger partial charge >= 0.3 is 0 Å². The summed E-state index contributed by atoms with van der Waals surface area (Å²) < 4.78 is 9.96. The lowest BCUT2D eigenvalue weighted by Crippen LogP contribution is -2.24. The highest BCUT2D eigenvalue weighted by atomic mass is 16.6. The van der Waals surface area contributed by atoms with Crippen molar-refractivity contribution in [3.05, 3.63) is 24.8 Å². The fourth-order valence-electron chi connectivity index (χ4n) is 0.670. The first-order chi connectivity index (χ1) is 7.61. The van der Waals surface area contributed by atoms with Crippen LogP contribution in [-0.2, 0) is 14.3 Å². The van der Waals surface area contributed by atoms with Gasteiger partial charge in [-0.15, -0.1) is 6.58 Å². The fourth-order valence-corrected chi connectivity index (χ4v) is 0.670. The van der Waals surface area contributed by atoms with Crippen molar-refractivity contribution in [3.63, 3.8) is 0 Å². The monoisotopic (exact) mass is 229 g/mol. The van der Waals surface area contributed by atoms with Crippen molar-refractivity contribution in [2.24, 2.45) is 0 Å². The van der Waals surface area contributed by atoms with Gasteiger partial charge in [-0.2, -0.15) is 0 Å².